The summed E-state index contributed by atoms with van der Waals surface area (Å²) in [4.78, 5) is 49.2. The van der Waals surface area contributed by atoms with E-state index in [1.54, 1.807) is 27.7 Å². The van der Waals surface area contributed by atoms with Crippen molar-refractivity contribution in [1.82, 2.24) is 16.0 Å². The number of carbonyl (C=O) groups excluding carboxylic acids is 4. The van der Waals surface area contributed by atoms with Gasteiger partial charge in [0.1, 0.15) is 24.2 Å². The van der Waals surface area contributed by atoms with Gasteiger partial charge in [0, 0.05) is 0 Å². The van der Waals surface area contributed by atoms with E-state index in [0.29, 0.717) is 12.8 Å². The van der Waals surface area contributed by atoms with Crippen LogP contribution >= 0.6 is 0 Å². The first-order chi connectivity index (χ1) is 13.8. The lowest BCUT2D eigenvalue weighted by Crippen LogP contribution is -2.56. The van der Waals surface area contributed by atoms with Gasteiger partial charge in [0.2, 0.25) is 11.8 Å². The van der Waals surface area contributed by atoms with Crippen molar-refractivity contribution in [1.29, 1.82) is 0 Å². The van der Waals surface area contributed by atoms with Gasteiger partial charge in [-0.3, -0.25) is 14.4 Å². The van der Waals surface area contributed by atoms with Crippen molar-refractivity contribution in [3.8, 4) is 0 Å². The van der Waals surface area contributed by atoms with E-state index in [1.165, 1.54) is 0 Å². The number of hydrogen-bond acceptors (Lipinski definition) is 6. The summed E-state index contributed by atoms with van der Waals surface area (Å²) in [6.07, 6.45) is 0.313. The Labute approximate surface area is 180 Å². The number of alkyl carbamates (subject to hydrolysis) is 1. The second-order valence-electron chi connectivity index (χ2n) is 8.72. The fourth-order valence-electron chi connectivity index (χ4n) is 2.60. The van der Waals surface area contributed by atoms with Crippen LogP contribution in [0.4, 0.5) is 4.79 Å². The van der Waals surface area contributed by atoms with Crippen LogP contribution < -0.4 is 16.0 Å². The highest BCUT2D eigenvalue weighted by atomic mass is 16.6. The van der Waals surface area contributed by atoms with Gasteiger partial charge >= 0.3 is 12.1 Å². The Kier molecular flexibility index (Phi) is 12.1. The fourth-order valence-corrected chi connectivity index (χ4v) is 2.60. The van der Waals surface area contributed by atoms with E-state index < -0.39 is 41.6 Å². The number of amides is 3. The maximum Gasteiger partial charge on any atom is 0.408 e. The molecule has 0 aromatic carbocycles. The van der Waals surface area contributed by atoms with E-state index in [2.05, 4.69) is 16.0 Å². The molecule has 0 saturated carbocycles. The van der Waals surface area contributed by atoms with Crippen molar-refractivity contribution in [2.45, 2.75) is 85.9 Å². The van der Waals surface area contributed by atoms with Gasteiger partial charge in [-0.15, -0.1) is 0 Å². The molecular weight excluding hydrogens is 390 g/mol. The highest BCUT2D eigenvalue weighted by Gasteiger charge is 2.31. The van der Waals surface area contributed by atoms with Crippen molar-refractivity contribution in [2.24, 2.45) is 11.8 Å². The standard InChI is InChI=1S/C21H39N3O6/c1-9-14(5)17(24-20(28)30-21(6,7)8)19(27)23-15(11-13(3)4)18(26)22-12-16(25)29-10-2/h13-15,17H,9-12H2,1-8H3,(H,22,26)(H,23,27)(H,24,28)/t14-,15-,17-/m0/s1. The number of carbonyl (C=O) groups is 4. The molecule has 0 spiro atoms. The van der Waals surface area contributed by atoms with Crippen molar-refractivity contribution >= 4 is 23.9 Å². The van der Waals surface area contributed by atoms with Gasteiger partial charge in [0.15, 0.2) is 0 Å². The Morgan fingerprint density at radius 1 is 0.933 bits per heavy atom. The van der Waals surface area contributed by atoms with Crippen molar-refractivity contribution in [3.63, 3.8) is 0 Å². The lowest BCUT2D eigenvalue weighted by molar-refractivity contribution is -0.143. The highest BCUT2D eigenvalue weighted by molar-refractivity contribution is 5.92. The first-order valence-electron chi connectivity index (χ1n) is 10.5. The Hall–Kier alpha value is -2.32. The zero-order valence-corrected chi connectivity index (χ0v) is 19.6. The van der Waals surface area contributed by atoms with E-state index in [-0.39, 0.29) is 25.0 Å². The fraction of sp³-hybridized carbons (Fsp3) is 0.810. The molecule has 0 fully saturated rings. The minimum Gasteiger partial charge on any atom is -0.465 e. The van der Waals surface area contributed by atoms with Gasteiger partial charge in [-0.05, 0) is 46.0 Å². The van der Waals surface area contributed by atoms with E-state index in [1.807, 2.05) is 27.7 Å². The average molecular weight is 430 g/mol. The van der Waals surface area contributed by atoms with Crippen LogP contribution in [-0.2, 0) is 23.9 Å². The molecule has 0 aromatic heterocycles. The molecule has 3 N–H and O–H groups in total. The van der Waals surface area contributed by atoms with Crippen LogP contribution in [0.2, 0.25) is 0 Å². The monoisotopic (exact) mass is 429 g/mol. The van der Waals surface area contributed by atoms with Crippen LogP contribution in [0.5, 0.6) is 0 Å². The van der Waals surface area contributed by atoms with Crippen LogP contribution in [0, 0.1) is 11.8 Å². The third kappa shape index (κ3) is 11.6. The van der Waals surface area contributed by atoms with Crippen molar-refractivity contribution < 1.29 is 28.7 Å². The maximum atomic E-state index is 12.9. The minimum absolute atomic E-state index is 0.115. The molecule has 9 nitrogen and oxygen atoms in total. The van der Waals surface area contributed by atoms with Crippen LogP contribution in [0.3, 0.4) is 0 Å². The topological polar surface area (TPSA) is 123 Å². The molecule has 0 rings (SSSR count). The minimum atomic E-state index is -0.864. The number of rotatable bonds is 11. The second kappa shape index (κ2) is 13.1. The summed E-state index contributed by atoms with van der Waals surface area (Å²) < 4.78 is 10.1. The highest BCUT2D eigenvalue weighted by Crippen LogP contribution is 2.13. The molecule has 3 amide bonds. The zero-order valence-electron chi connectivity index (χ0n) is 19.6. The largest absolute Gasteiger partial charge is 0.465 e. The summed E-state index contributed by atoms with van der Waals surface area (Å²) in [5.74, 6) is -1.58. The maximum absolute atomic E-state index is 12.9. The number of hydrogen-bond donors (Lipinski definition) is 3. The molecule has 0 bridgehead atoms. The summed E-state index contributed by atoms with van der Waals surface area (Å²) in [6, 6.07) is -1.71. The summed E-state index contributed by atoms with van der Waals surface area (Å²) >= 11 is 0. The number of esters is 1. The average Bonchev–Trinajstić information content (AvgIpc) is 2.61. The quantitative estimate of drug-likeness (QED) is 0.433. The second-order valence-corrected chi connectivity index (χ2v) is 8.72. The Morgan fingerprint density at radius 2 is 1.53 bits per heavy atom. The number of nitrogens with one attached hydrogen (secondary N) is 3. The van der Waals surface area contributed by atoms with Crippen molar-refractivity contribution in [2.75, 3.05) is 13.2 Å². The number of ether oxygens (including phenoxy) is 2. The first-order valence-corrected chi connectivity index (χ1v) is 10.5. The smallest absolute Gasteiger partial charge is 0.408 e. The molecule has 0 saturated heterocycles. The van der Waals surface area contributed by atoms with Gasteiger partial charge in [0.25, 0.3) is 0 Å². The summed E-state index contributed by atoms with van der Waals surface area (Å²) in [6.45, 7) is 14.4. The molecule has 0 aliphatic heterocycles. The molecule has 0 heterocycles. The third-order valence-corrected chi connectivity index (χ3v) is 4.22. The van der Waals surface area contributed by atoms with Gasteiger partial charge in [-0.1, -0.05) is 34.1 Å². The van der Waals surface area contributed by atoms with Crippen LogP contribution in [-0.4, -0.2) is 54.7 Å². The molecule has 9 heteroatoms. The van der Waals surface area contributed by atoms with Crippen LogP contribution in [0.25, 0.3) is 0 Å². The predicted octanol–water partition coefficient (Wildman–Crippen LogP) is 2.14. The van der Waals surface area contributed by atoms with Crippen LogP contribution in [0.1, 0.15) is 68.2 Å². The van der Waals surface area contributed by atoms with Gasteiger partial charge < -0.3 is 25.4 Å². The molecule has 174 valence electrons. The van der Waals surface area contributed by atoms with Gasteiger partial charge in [0.05, 0.1) is 6.61 Å². The molecule has 3 atom stereocenters. The van der Waals surface area contributed by atoms with E-state index in [0.717, 1.165) is 0 Å². The summed E-state index contributed by atoms with van der Waals surface area (Å²) in [5.41, 5.74) is -0.701. The van der Waals surface area contributed by atoms with E-state index >= 15 is 0 Å². The molecule has 30 heavy (non-hydrogen) atoms. The third-order valence-electron chi connectivity index (χ3n) is 4.22. The van der Waals surface area contributed by atoms with E-state index in [4.69, 9.17) is 9.47 Å². The Bertz CT molecular complexity index is 586. The molecule has 0 radical (unpaired) electrons. The zero-order chi connectivity index (χ0) is 23.5. The molecule has 0 unspecified atom stereocenters. The lowest BCUT2D eigenvalue weighted by atomic mass is 9.97. The SMILES string of the molecule is CCOC(=O)CNC(=O)[C@H](CC(C)C)NC(=O)[C@@H](NC(=O)OC(C)(C)C)[C@@H](C)CC. The van der Waals surface area contributed by atoms with Gasteiger partial charge in [-0.25, -0.2) is 4.79 Å². The lowest BCUT2D eigenvalue weighted by Gasteiger charge is -2.28. The van der Waals surface area contributed by atoms with Crippen molar-refractivity contribution in [3.05, 3.63) is 0 Å². The van der Waals surface area contributed by atoms with Crippen LogP contribution in [0.15, 0.2) is 0 Å². The normalized spacial score (nSPS) is 14.3. The van der Waals surface area contributed by atoms with Gasteiger partial charge in [-0.2, -0.15) is 0 Å². The summed E-state index contributed by atoms with van der Waals surface area (Å²) in [7, 11) is 0. The Morgan fingerprint density at radius 3 is 2.00 bits per heavy atom. The molecule has 0 aromatic rings. The molecular formula is C21H39N3O6. The predicted molar refractivity (Wildman–Crippen MR) is 114 cm³/mol. The summed E-state index contributed by atoms with van der Waals surface area (Å²) in [5, 5.41) is 7.82. The van der Waals surface area contributed by atoms with E-state index in [9.17, 15) is 19.2 Å². The Balaban J connectivity index is 5.25. The molecule has 0 aliphatic rings. The first kappa shape index (κ1) is 27.7. The molecule has 0 aliphatic carbocycles.